The Labute approximate surface area is 132 Å². The zero-order chi connectivity index (χ0) is 14.4. The summed E-state index contributed by atoms with van der Waals surface area (Å²) in [6.45, 7) is 1.89. The van der Waals surface area contributed by atoms with Crippen LogP contribution < -0.4 is 0 Å². The molecular weight excluding hydrogens is 328 g/mol. The maximum atomic E-state index is 6.22. The van der Waals surface area contributed by atoms with Crippen LogP contribution in [0, 0.1) is 6.92 Å². The molecule has 0 saturated heterocycles. The fourth-order valence-corrected chi connectivity index (χ4v) is 3.73. The largest absolute Gasteiger partial charge is 0.235 e. The van der Waals surface area contributed by atoms with Crippen molar-refractivity contribution in [2.45, 2.75) is 6.92 Å². The smallest absolute Gasteiger partial charge is 0.181 e. The number of aryl methyl sites for hydroxylation is 1. The summed E-state index contributed by atoms with van der Waals surface area (Å²) in [5.74, 6) is 0.659. The molecule has 9 heteroatoms. The fraction of sp³-hybridized carbons (Fsp3) is 0.0833. The molecule has 0 fully saturated rings. The Morgan fingerprint density at radius 1 is 1.14 bits per heavy atom. The monoisotopic (exact) mass is 334 g/mol. The normalized spacial score (nSPS) is 11.3. The molecule has 4 rings (SSSR count). The average molecular weight is 335 g/mol. The molecule has 0 amide bonds. The van der Waals surface area contributed by atoms with E-state index in [4.69, 9.17) is 11.6 Å². The van der Waals surface area contributed by atoms with E-state index in [1.165, 1.54) is 22.9 Å². The molecule has 21 heavy (non-hydrogen) atoms. The summed E-state index contributed by atoms with van der Waals surface area (Å²) < 4.78 is 5.64. The highest BCUT2D eigenvalue weighted by Gasteiger charge is 2.18. The van der Waals surface area contributed by atoms with Gasteiger partial charge in [-0.3, -0.25) is 0 Å². The van der Waals surface area contributed by atoms with Gasteiger partial charge in [-0.2, -0.15) is 9.61 Å². The Kier molecular flexibility index (Phi) is 2.95. The van der Waals surface area contributed by atoms with E-state index in [9.17, 15) is 0 Å². The molecule has 0 aliphatic carbocycles. The summed E-state index contributed by atoms with van der Waals surface area (Å²) in [5, 5.41) is 18.4. The SMILES string of the molecule is Cc1nnsc1-c1nnc2sc(-c3ccccc3Cl)nn12. The molecule has 6 nitrogen and oxygen atoms in total. The van der Waals surface area contributed by atoms with E-state index in [1.54, 1.807) is 4.52 Å². The van der Waals surface area contributed by atoms with Crippen molar-refractivity contribution in [3.8, 4) is 21.3 Å². The number of nitrogens with zero attached hydrogens (tertiary/aromatic N) is 6. The molecule has 1 aromatic carbocycles. The Morgan fingerprint density at radius 3 is 2.76 bits per heavy atom. The highest BCUT2D eigenvalue weighted by atomic mass is 35.5. The molecule has 0 aliphatic heterocycles. The first-order valence-corrected chi connectivity index (χ1v) is 7.97. The van der Waals surface area contributed by atoms with Crippen LogP contribution in [0.3, 0.4) is 0 Å². The maximum Gasteiger partial charge on any atom is 0.235 e. The first kappa shape index (κ1) is 12.8. The second-order valence-corrected chi connectivity index (χ2v) is 6.41. The van der Waals surface area contributed by atoms with Gasteiger partial charge in [-0.05, 0) is 24.5 Å². The van der Waals surface area contributed by atoms with Crippen molar-refractivity contribution in [1.82, 2.24) is 29.4 Å². The van der Waals surface area contributed by atoms with Gasteiger partial charge < -0.3 is 0 Å². The summed E-state index contributed by atoms with van der Waals surface area (Å²) in [7, 11) is 0. The van der Waals surface area contributed by atoms with Gasteiger partial charge in [-0.15, -0.1) is 15.3 Å². The lowest BCUT2D eigenvalue weighted by Gasteiger charge is -1.97. The quantitative estimate of drug-likeness (QED) is 0.562. The minimum atomic E-state index is 0.659. The van der Waals surface area contributed by atoms with Gasteiger partial charge in [0.25, 0.3) is 0 Å². The van der Waals surface area contributed by atoms with Gasteiger partial charge in [0.1, 0.15) is 9.88 Å². The molecule has 0 atom stereocenters. The van der Waals surface area contributed by atoms with Gasteiger partial charge in [0.2, 0.25) is 4.96 Å². The van der Waals surface area contributed by atoms with Crippen LogP contribution in [0.25, 0.3) is 26.2 Å². The second-order valence-electron chi connectivity index (χ2n) is 4.29. The van der Waals surface area contributed by atoms with Crippen molar-refractivity contribution in [2.24, 2.45) is 0 Å². The molecule has 104 valence electrons. The van der Waals surface area contributed by atoms with E-state index in [2.05, 4.69) is 24.9 Å². The lowest BCUT2D eigenvalue weighted by Crippen LogP contribution is -1.91. The third kappa shape index (κ3) is 2.03. The number of rotatable bonds is 2. The van der Waals surface area contributed by atoms with Crippen LogP contribution in [-0.2, 0) is 0 Å². The molecule has 0 bridgehead atoms. The third-order valence-electron chi connectivity index (χ3n) is 2.95. The van der Waals surface area contributed by atoms with Crippen LogP contribution >= 0.6 is 34.5 Å². The van der Waals surface area contributed by atoms with E-state index < -0.39 is 0 Å². The van der Waals surface area contributed by atoms with Crippen LogP contribution in [0.15, 0.2) is 24.3 Å². The van der Waals surface area contributed by atoms with Crippen molar-refractivity contribution < 1.29 is 0 Å². The average Bonchev–Trinajstić information content (AvgIpc) is 3.14. The van der Waals surface area contributed by atoms with Crippen molar-refractivity contribution in [1.29, 1.82) is 0 Å². The van der Waals surface area contributed by atoms with E-state index in [0.29, 0.717) is 15.8 Å². The van der Waals surface area contributed by atoms with E-state index in [0.717, 1.165) is 21.1 Å². The van der Waals surface area contributed by atoms with Gasteiger partial charge in [-0.25, -0.2) is 0 Å². The molecular formula is C12H7ClN6S2. The first-order valence-electron chi connectivity index (χ1n) is 6.00. The maximum absolute atomic E-state index is 6.22. The number of hydrogen-bond acceptors (Lipinski definition) is 7. The zero-order valence-electron chi connectivity index (χ0n) is 10.7. The van der Waals surface area contributed by atoms with Crippen LogP contribution in [-0.4, -0.2) is 29.4 Å². The Morgan fingerprint density at radius 2 is 2.00 bits per heavy atom. The molecule has 0 radical (unpaired) electrons. The number of benzene rings is 1. The second kappa shape index (κ2) is 4.83. The Bertz CT molecular complexity index is 940. The molecule has 0 aliphatic rings. The number of hydrogen-bond donors (Lipinski definition) is 0. The zero-order valence-corrected chi connectivity index (χ0v) is 13.1. The van der Waals surface area contributed by atoms with E-state index >= 15 is 0 Å². The summed E-state index contributed by atoms with van der Waals surface area (Å²) in [6, 6.07) is 7.61. The molecule has 0 saturated carbocycles. The highest BCUT2D eigenvalue weighted by molar-refractivity contribution is 7.20. The Balaban J connectivity index is 1.91. The molecule has 0 N–H and O–H groups in total. The number of aromatic nitrogens is 6. The molecule has 0 unspecified atom stereocenters. The summed E-state index contributed by atoms with van der Waals surface area (Å²) in [5.41, 5.74) is 1.71. The van der Waals surface area contributed by atoms with Gasteiger partial charge in [0.05, 0.1) is 10.7 Å². The number of fused-ring (bicyclic) bond motifs is 1. The van der Waals surface area contributed by atoms with Crippen LogP contribution in [0.1, 0.15) is 5.69 Å². The van der Waals surface area contributed by atoms with Gasteiger partial charge >= 0.3 is 0 Å². The molecule has 3 aromatic heterocycles. The standard InChI is InChI=1S/C12H7ClN6S2/c1-6-9(21-18-14-6)10-15-16-12-19(10)17-11(20-12)7-4-2-3-5-8(7)13/h2-5H,1H3. The predicted molar refractivity (Wildman–Crippen MR) is 82.7 cm³/mol. The van der Waals surface area contributed by atoms with Crippen LogP contribution in [0.2, 0.25) is 5.02 Å². The van der Waals surface area contributed by atoms with Crippen LogP contribution in [0.5, 0.6) is 0 Å². The lowest BCUT2D eigenvalue weighted by atomic mass is 10.2. The van der Waals surface area contributed by atoms with Crippen molar-refractivity contribution in [3.63, 3.8) is 0 Å². The molecule has 3 heterocycles. The minimum Gasteiger partial charge on any atom is -0.181 e. The number of halogens is 1. The van der Waals surface area contributed by atoms with E-state index in [-0.39, 0.29) is 0 Å². The summed E-state index contributed by atoms with van der Waals surface area (Å²) in [6.07, 6.45) is 0. The van der Waals surface area contributed by atoms with E-state index in [1.807, 2.05) is 31.2 Å². The van der Waals surface area contributed by atoms with Gasteiger partial charge in [-0.1, -0.05) is 45.6 Å². The molecule has 4 aromatic rings. The lowest BCUT2D eigenvalue weighted by molar-refractivity contribution is 0.969. The summed E-state index contributed by atoms with van der Waals surface area (Å²) in [4.78, 5) is 1.59. The van der Waals surface area contributed by atoms with Crippen molar-refractivity contribution in [2.75, 3.05) is 0 Å². The minimum absolute atomic E-state index is 0.659. The van der Waals surface area contributed by atoms with Crippen LogP contribution in [0.4, 0.5) is 0 Å². The Hall–Kier alpha value is -1.90. The van der Waals surface area contributed by atoms with Gasteiger partial charge in [0, 0.05) is 5.56 Å². The van der Waals surface area contributed by atoms with Crippen molar-refractivity contribution >= 4 is 39.4 Å². The highest BCUT2D eigenvalue weighted by Crippen LogP contribution is 2.33. The summed E-state index contributed by atoms with van der Waals surface area (Å²) >= 11 is 8.95. The predicted octanol–water partition coefficient (Wildman–Crippen LogP) is 3.33. The third-order valence-corrected chi connectivity index (χ3v) is 5.04. The topological polar surface area (TPSA) is 68.9 Å². The van der Waals surface area contributed by atoms with Crippen molar-refractivity contribution in [3.05, 3.63) is 35.0 Å². The van der Waals surface area contributed by atoms with Gasteiger partial charge in [0.15, 0.2) is 5.82 Å². The molecule has 0 spiro atoms. The fourth-order valence-electron chi connectivity index (χ4n) is 1.94. The first-order chi connectivity index (χ1) is 10.2.